The van der Waals surface area contributed by atoms with Crippen molar-refractivity contribution < 1.29 is 0 Å². The van der Waals surface area contributed by atoms with Gasteiger partial charge in [-0.3, -0.25) is 0 Å². The smallest absolute Gasteiger partial charge is 0.0444 e. The Morgan fingerprint density at radius 2 is 2.47 bits per heavy atom. The van der Waals surface area contributed by atoms with Crippen molar-refractivity contribution in [3.8, 4) is 0 Å². The Morgan fingerprint density at radius 1 is 1.53 bits per heavy atom. The fraction of sp³-hybridized carbons (Fsp3) is 0.667. The molecule has 1 aromatic rings. The molecule has 1 aliphatic rings. The van der Waals surface area contributed by atoms with Gasteiger partial charge in [0.15, 0.2) is 0 Å². The Bertz CT molecular complexity index is 262. The van der Waals surface area contributed by atoms with E-state index in [9.17, 15) is 0 Å². The fourth-order valence-electron chi connectivity index (χ4n) is 2.14. The normalized spacial score (nSPS) is 23.9. The highest BCUT2D eigenvalue weighted by molar-refractivity contribution is 5.07. The zero-order valence-corrected chi connectivity index (χ0v) is 9.42. The van der Waals surface area contributed by atoms with Gasteiger partial charge in [0, 0.05) is 30.5 Å². The first kappa shape index (κ1) is 10.7. The Hall–Kier alpha value is -0.800. The SMILES string of the molecule is C[C@@H](NC[C@H]1CCCCN1)c1ccc[nH]1. The van der Waals surface area contributed by atoms with Gasteiger partial charge in [-0.2, -0.15) is 0 Å². The van der Waals surface area contributed by atoms with Gasteiger partial charge in [-0.1, -0.05) is 6.42 Å². The van der Waals surface area contributed by atoms with E-state index >= 15 is 0 Å². The second-order valence-corrected chi connectivity index (χ2v) is 4.40. The van der Waals surface area contributed by atoms with Crippen LogP contribution >= 0.6 is 0 Å². The van der Waals surface area contributed by atoms with Crippen molar-refractivity contribution >= 4 is 0 Å². The first-order valence-electron chi connectivity index (χ1n) is 5.96. The van der Waals surface area contributed by atoms with Gasteiger partial charge in [0.1, 0.15) is 0 Å². The van der Waals surface area contributed by atoms with Crippen molar-refractivity contribution in [3.63, 3.8) is 0 Å². The zero-order valence-electron chi connectivity index (χ0n) is 9.42. The van der Waals surface area contributed by atoms with Gasteiger partial charge in [-0.25, -0.2) is 0 Å². The minimum Gasteiger partial charge on any atom is -0.364 e. The summed E-state index contributed by atoms with van der Waals surface area (Å²) in [5.41, 5.74) is 1.27. The standard InChI is InChI=1S/C12H21N3/c1-10(12-6-4-8-14-12)15-9-11-5-2-3-7-13-11/h4,6,8,10-11,13-15H,2-3,5,7,9H2,1H3/t10-,11-/m1/s1. The van der Waals surface area contributed by atoms with E-state index in [1.54, 1.807) is 0 Å². The molecule has 2 heterocycles. The summed E-state index contributed by atoms with van der Waals surface area (Å²) in [6.45, 7) is 4.46. The molecule has 0 spiro atoms. The molecular formula is C12H21N3. The lowest BCUT2D eigenvalue weighted by Gasteiger charge is -2.25. The number of hydrogen-bond acceptors (Lipinski definition) is 2. The summed E-state index contributed by atoms with van der Waals surface area (Å²) in [6.07, 6.45) is 6.00. The predicted octanol–water partition coefficient (Wildman–Crippen LogP) is 1.81. The Balaban J connectivity index is 1.73. The van der Waals surface area contributed by atoms with Crippen molar-refractivity contribution in [1.29, 1.82) is 0 Å². The molecular weight excluding hydrogens is 186 g/mol. The highest BCUT2D eigenvalue weighted by Crippen LogP contribution is 2.10. The third kappa shape index (κ3) is 3.08. The summed E-state index contributed by atoms with van der Waals surface area (Å²) < 4.78 is 0. The number of aromatic amines is 1. The third-order valence-corrected chi connectivity index (χ3v) is 3.17. The lowest BCUT2D eigenvalue weighted by molar-refractivity contribution is 0.370. The van der Waals surface area contributed by atoms with Crippen molar-refractivity contribution in [1.82, 2.24) is 15.6 Å². The number of hydrogen-bond donors (Lipinski definition) is 3. The van der Waals surface area contributed by atoms with E-state index < -0.39 is 0 Å². The van der Waals surface area contributed by atoms with Crippen LogP contribution in [-0.4, -0.2) is 24.1 Å². The third-order valence-electron chi connectivity index (χ3n) is 3.17. The molecule has 3 heteroatoms. The molecule has 0 saturated carbocycles. The van der Waals surface area contributed by atoms with E-state index in [1.165, 1.54) is 31.5 Å². The molecule has 1 saturated heterocycles. The lowest BCUT2D eigenvalue weighted by Crippen LogP contribution is -2.42. The molecule has 0 amide bonds. The largest absolute Gasteiger partial charge is 0.364 e. The second-order valence-electron chi connectivity index (χ2n) is 4.40. The number of rotatable bonds is 4. The molecule has 0 aromatic carbocycles. The molecule has 0 unspecified atom stereocenters. The highest BCUT2D eigenvalue weighted by Gasteiger charge is 2.13. The molecule has 3 nitrogen and oxygen atoms in total. The van der Waals surface area contributed by atoms with Gasteiger partial charge < -0.3 is 15.6 Å². The molecule has 3 N–H and O–H groups in total. The van der Waals surface area contributed by atoms with Gasteiger partial charge in [0.2, 0.25) is 0 Å². The summed E-state index contributed by atoms with van der Waals surface area (Å²) >= 11 is 0. The average molecular weight is 207 g/mol. The number of piperidine rings is 1. The topological polar surface area (TPSA) is 39.8 Å². The van der Waals surface area contributed by atoms with E-state index in [1.807, 2.05) is 12.3 Å². The average Bonchev–Trinajstić information content (AvgIpc) is 2.81. The maximum Gasteiger partial charge on any atom is 0.0444 e. The van der Waals surface area contributed by atoms with Crippen molar-refractivity contribution in [2.45, 2.75) is 38.3 Å². The van der Waals surface area contributed by atoms with Crippen LogP contribution in [0.3, 0.4) is 0 Å². The lowest BCUT2D eigenvalue weighted by atomic mass is 10.0. The van der Waals surface area contributed by atoms with E-state index in [0.717, 1.165) is 6.54 Å². The van der Waals surface area contributed by atoms with E-state index in [-0.39, 0.29) is 0 Å². The quantitative estimate of drug-likeness (QED) is 0.704. The zero-order chi connectivity index (χ0) is 10.5. The summed E-state index contributed by atoms with van der Waals surface area (Å²) in [4.78, 5) is 3.24. The van der Waals surface area contributed by atoms with Crippen LogP contribution in [0, 0.1) is 0 Å². The van der Waals surface area contributed by atoms with Crippen LogP contribution < -0.4 is 10.6 Å². The van der Waals surface area contributed by atoms with Gasteiger partial charge in [-0.15, -0.1) is 0 Å². The summed E-state index contributed by atoms with van der Waals surface area (Å²) in [5.74, 6) is 0. The van der Waals surface area contributed by atoms with Gasteiger partial charge in [0.25, 0.3) is 0 Å². The van der Waals surface area contributed by atoms with Gasteiger partial charge in [0.05, 0.1) is 0 Å². The molecule has 0 bridgehead atoms. The second kappa shape index (κ2) is 5.33. The minimum absolute atomic E-state index is 0.420. The van der Waals surface area contributed by atoms with Crippen LogP contribution in [0.25, 0.3) is 0 Å². The Morgan fingerprint density at radius 3 is 3.13 bits per heavy atom. The van der Waals surface area contributed by atoms with E-state index in [2.05, 4.69) is 28.6 Å². The molecule has 0 radical (unpaired) electrons. The minimum atomic E-state index is 0.420. The molecule has 1 aromatic heterocycles. The van der Waals surface area contributed by atoms with Gasteiger partial charge >= 0.3 is 0 Å². The number of H-pyrrole nitrogens is 1. The fourth-order valence-corrected chi connectivity index (χ4v) is 2.14. The van der Waals surface area contributed by atoms with Crippen LogP contribution in [0.15, 0.2) is 18.3 Å². The first-order valence-corrected chi connectivity index (χ1v) is 5.96. The van der Waals surface area contributed by atoms with Crippen LogP contribution in [0.1, 0.15) is 37.9 Å². The predicted molar refractivity (Wildman–Crippen MR) is 62.9 cm³/mol. The van der Waals surface area contributed by atoms with Crippen LogP contribution in [0.4, 0.5) is 0 Å². The van der Waals surface area contributed by atoms with Crippen molar-refractivity contribution in [3.05, 3.63) is 24.0 Å². The first-order chi connectivity index (χ1) is 7.36. The van der Waals surface area contributed by atoms with Crippen molar-refractivity contribution in [2.24, 2.45) is 0 Å². The number of nitrogens with one attached hydrogen (secondary N) is 3. The van der Waals surface area contributed by atoms with Crippen LogP contribution in [0.5, 0.6) is 0 Å². The molecule has 84 valence electrons. The Kier molecular flexibility index (Phi) is 3.80. The van der Waals surface area contributed by atoms with Gasteiger partial charge in [-0.05, 0) is 38.4 Å². The Labute approximate surface area is 91.7 Å². The molecule has 2 atom stereocenters. The summed E-state index contributed by atoms with van der Waals surface area (Å²) in [6, 6.07) is 5.26. The summed E-state index contributed by atoms with van der Waals surface area (Å²) in [5, 5.41) is 7.11. The summed E-state index contributed by atoms with van der Waals surface area (Å²) in [7, 11) is 0. The van der Waals surface area contributed by atoms with Crippen molar-refractivity contribution in [2.75, 3.05) is 13.1 Å². The monoisotopic (exact) mass is 207 g/mol. The molecule has 1 aliphatic heterocycles. The molecule has 1 fully saturated rings. The van der Waals surface area contributed by atoms with Crippen LogP contribution in [0.2, 0.25) is 0 Å². The molecule has 15 heavy (non-hydrogen) atoms. The molecule has 0 aliphatic carbocycles. The highest BCUT2D eigenvalue weighted by atomic mass is 15.0. The molecule has 2 rings (SSSR count). The number of aromatic nitrogens is 1. The van der Waals surface area contributed by atoms with E-state index in [0.29, 0.717) is 12.1 Å². The van der Waals surface area contributed by atoms with Crippen LogP contribution in [-0.2, 0) is 0 Å². The maximum atomic E-state index is 3.56. The maximum absolute atomic E-state index is 3.56. The van der Waals surface area contributed by atoms with E-state index in [4.69, 9.17) is 0 Å².